The fourth-order valence-electron chi connectivity index (χ4n) is 3.60. The number of carbonyl (C=O) groups excluding carboxylic acids is 1. The van der Waals surface area contributed by atoms with Gasteiger partial charge >= 0.3 is 0 Å². The molecule has 5 heteroatoms. The molecule has 0 radical (unpaired) electrons. The van der Waals surface area contributed by atoms with Crippen LogP contribution in [-0.4, -0.2) is 52.8 Å². The van der Waals surface area contributed by atoms with E-state index in [4.69, 9.17) is 0 Å². The van der Waals surface area contributed by atoms with Crippen molar-refractivity contribution < 1.29 is 9.90 Å². The van der Waals surface area contributed by atoms with Crippen LogP contribution in [0.1, 0.15) is 29.8 Å². The average molecular weight is 341 g/mol. The number of carbonyl (C=O) groups is 1. The topological polar surface area (TPSA) is 57.5 Å². The highest BCUT2D eigenvalue weighted by molar-refractivity contribution is 5.93. The third-order valence-corrected chi connectivity index (χ3v) is 5.07. The number of likely N-dealkylation sites (tertiary alicyclic amines) is 1. The second-order valence-electron chi connectivity index (χ2n) is 6.65. The van der Waals surface area contributed by atoms with Crippen molar-refractivity contribution in [1.29, 1.82) is 0 Å². The molecule has 1 aliphatic heterocycles. The standard InChI is InChI=1S/C20H27N3O2/c1-22-18(16-7-3-2-4-8-16)10-11-19(22)20(25)21-12-14-23-13-6-5-9-17(23)15-24/h2-4,7-8,10-11,17,24H,5-6,9,12-15H2,1H3,(H,21,25)/t17-/m1/s1. The van der Waals surface area contributed by atoms with Crippen LogP contribution in [0.3, 0.4) is 0 Å². The highest BCUT2D eigenvalue weighted by Crippen LogP contribution is 2.21. The Morgan fingerprint density at radius 3 is 2.76 bits per heavy atom. The van der Waals surface area contributed by atoms with E-state index in [2.05, 4.69) is 10.2 Å². The Morgan fingerprint density at radius 2 is 2.00 bits per heavy atom. The van der Waals surface area contributed by atoms with E-state index in [9.17, 15) is 9.90 Å². The van der Waals surface area contributed by atoms with E-state index in [1.54, 1.807) is 0 Å². The van der Waals surface area contributed by atoms with Gasteiger partial charge in [-0.05, 0) is 37.1 Å². The second-order valence-corrected chi connectivity index (χ2v) is 6.65. The zero-order valence-electron chi connectivity index (χ0n) is 14.8. The van der Waals surface area contributed by atoms with Gasteiger partial charge in [0.15, 0.2) is 0 Å². The Hall–Kier alpha value is -2.11. The smallest absolute Gasteiger partial charge is 0.267 e. The van der Waals surface area contributed by atoms with Gasteiger partial charge in [-0.1, -0.05) is 36.8 Å². The summed E-state index contributed by atoms with van der Waals surface area (Å²) >= 11 is 0. The third-order valence-electron chi connectivity index (χ3n) is 5.07. The van der Waals surface area contributed by atoms with Crippen LogP contribution in [0.2, 0.25) is 0 Å². The quantitative estimate of drug-likeness (QED) is 0.847. The number of aliphatic hydroxyl groups is 1. The highest BCUT2D eigenvalue weighted by Gasteiger charge is 2.21. The minimum absolute atomic E-state index is 0.0535. The van der Waals surface area contributed by atoms with Crippen molar-refractivity contribution in [3.8, 4) is 11.3 Å². The number of benzene rings is 1. The zero-order chi connectivity index (χ0) is 17.6. The van der Waals surface area contributed by atoms with Crippen molar-refractivity contribution in [3.05, 3.63) is 48.2 Å². The van der Waals surface area contributed by atoms with Crippen LogP contribution in [0.4, 0.5) is 0 Å². The van der Waals surface area contributed by atoms with Gasteiger partial charge < -0.3 is 15.0 Å². The van der Waals surface area contributed by atoms with Crippen LogP contribution in [0.25, 0.3) is 11.3 Å². The fraction of sp³-hybridized carbons (Fsp3) is 0.450. The van der Waals surface area contributed by atoms with Crippen LogP contribution in [0.5, 0.6) is 0 Å². The number of nitrogens with one attached hydrogen (secondary N) is 1. The molecule has 2 heterocycles. The van der Waals surface area contributed by atoms with E-state index in [1.165, 1.54) is 12.8 Å². The summed E-state index contributed by atoms with van der Waals surface area (Å²) in [6, 6.07) is 14.2. The van der Waals surface area contributed by atoms with E-state index in [1.807, 2.05) is 54.1 Å². The number of hydrogen-bond acceptors (Lipinski definition) is 3. The summed E-state index contributed by atoms with van der Waals surface area (Å²) in [7, 11) is 1.92. The first-order valence-electron chi connectivity index (χ1n) is 9.05. The zero-order valence-corrected chi connectivity index (χ0v) is 14.8. The molecule has 0 unspecified atom stereocenters. The largest absolute Gasteiger partial charge is 0.395 e. The lowest BCUT2D eigenvalue weighted by Crippen LogP contribution is -2.45. The maximum Gasteiger partial charge on any atom is 0.267 e. The molecule has 0 bridgehead atoms. The second kappa shape index (κ2) is 8.32. The molecule has 1 atom stereocenters. The monoisotopic (exact) mass is 341 g/mol. The molecular formula is C20H27N3O2. The number of aliphatic hydroxyl groups excluding tert-OH is 1. The molecule has 1 fully saturated rings. The maximum atomic E-state index is 12.5. The molecule has 0 saturated carbocycles. The Labute approximate surface area is 149 Å². The first-order valence-corrected chi connectivity index (χ1v) is 9.05. The minimum atomic E-state index is -0.0535. The molecule has 1 amide bonds. The van der Waals surface area contributed by atoms with Crippen LogP contribution >= 0.6 is 0 Å². The number of amides is 1. The predicted octanol–water partition coefficient (Wildman–Crippen LogP) is 2.27. The molecule has 0 spiro atoms. The number of rotatable bonds is 6. The molecule has 2 aromatic rings. The maximum absolute atomic E-state index is 12.5. The van der Waals surface area contributed by atoms with E-state index >= 15 is 0 Å². The lowest BCUT2D eigenvalue weighted by atomic mass is 10.0. The minimum Gasteiger partial charge on any atom is -0.395 e. The normalized spacial score (nSPS) is 18.2. The summed E-state index contributed by atoms with van der Waals surface area (Å²) in [5, 5.41) is 12.5. The van der Waals surface area contributed by atoms with Crippen LogP contribution < -0.4 is 5.32 Å². The molecular weight excluding hydrogens is 314 g/mol. The van der Waals surface area contributed by atoms with E-state index in [0.29, 0.717) is 12.2 Å². The summed E-state index contributed by atoms with van der Waals surface area (Å²) in [5.74, 6) is -0.0535. The summed E-state index contributed by atoms with van der Waals surface area (Å²) < 4.78 is 1.93. The Morgan fingerprint density at radius 1 is 1.20 bits per heavy atom. The van der Waals surface area contributed by atoms with Gasteiger partial charge in [0.05, 0.1) is 6.61 Å². The lowest BCUT2D eigenvalue weighted by Gasteiger charge is -2.34. The molecule has 134 valence electrons. The van der Waals surface area contributed by atoms with Gasteiger partial charge in [-0.25, -0.2) is 0 Å². The third kappa shape index (κ3) is 4.11. The molecule has 1 aromatic heterocycles. The molecule has 5 nitrogen and oxygen atoms in total. The van der Waals surface area contributed by atoms with Crippen LogP contribution in [0.15, 0.2) is 42.5 Å². The number of hydrogen-bond donors (Lipinski definition) is 2. The summed E-state index contributed by atoms with van der Waals surface area (Å²) in [6.45, 7) is 2.59. The molecule has 1 aromatic carbocycles. The van der Waals surface area contributed by atoms with Crippen molar-refractivity contribution in [3.63, 3.8) is 0 Å². The van der Waals surface area contributed by atoms with Crippen molar-refractivity contribution in [2.45, 2.75) is 25.3 Å². The van der Waals surface area contributed by atoms with E-state index < -0.39 is 0 Å². The number of nitrogens with zero attached hydrogens (tertiary/aromatic N) is 2. The van der Waals surface area contributed by atoms with Crippen molar-refractivity contribution >= 4 is 5.91 Å². The Balaban J connectivity index is 1.58. The summed E-state index contributed by atoms with van der Waals surface area (Å²) in [5.41, 5.74) is 2.79. The molecule has 3 rings (SSSR count). The van der Waals surface area contributed by atoms with Crippen molar-refractivity contribution in [2.75, 3.05) is 26.2 Å². The van der Waals surface area contributed by atoms with Gasteiger partial charge in [-0.15, -0.1) is 0 Å². The van der Waals surface area contributed by atoms with Gasteiger partial charge in [0, 0.05) is 31.9 Å². The van der Waals surface area contributed by atoms with Gasteiger partial charge in [0.1, 0.15) is 5.69 Å². The van der Waals surface area contributed by atoms with Gasteiger partial charge in [-0.3, -0.25) is 9.69 Å². The van der Waals surface area contributed by atoms with Gasteiger partial charge in [0.2, 0.25) is 0 Å². The van der Waals surface area contributed by atoms with Crippen LogP contribution in [-0.2, 0) is 7.05 Å². The van der Waals surface area contributed by atoms with E-state index in [-0.39, 0.29) is 18.6 Å². The first kappa shape index (κ1) is 17.7. The first-order chi connectivity index (χ1) is 12.2. The highest BCUT2D eigenvalue weighted by atomic mass is 16.3. The summed E-state index contributed by atoms with van der Waals surface area (Å²) in [6.07, 6.45) is 3.39. The van der Waals surface area contributed by atoms with Gasteiger partial charge in [-0.2, -0.15) is 0 Å². The molecule has 25 heavy (non-hydrogen) atoms. The summed E-state index contributed by atoms with van der Waals surface area (Å²) in [4.78, 5) is 14.8. The lowest BCUT2D eigenvalue weighted by molar-refractivity contribution is 0.0845. The van der Waals surface area contributed by atoms with E-state index in [0.717, 1.165) is 30.8 Å². The Kier molecular flexibility index (Phi) is 5.89. The number of piperidine rings is 1. The average Bonchev–Trinajstić information content (AvgIpc) is 3.04. The molecule has 0 aliphatic carbocycles. The SMILES string of the molecule is Cn1c(C(=O)NCCN2CCCC[C@@H]2CO)ccc1-c1ccccc1. The number of aromatic nitrogens is 1. The van der Waals surface area contributed by atoms with Crippen molar-refractivity contribution in [2.24, 2.45) is 7.05 Å². The molecule has 2 N–H and O–H groups in total. The molecule has 1 saturated heterocycles. The van der Waals surface area contributed by atoms with Gasteiger partial charge in [0.25, 0.3) is 5.91 Å². The van der Waals surface area contributed by atoms with Crippen molar-refractivity contribution in [1.82, 2.24) is 14.8 Å². The Bertz CT molecular complexity index is 696. The molecule has 1 aliphatic rings. The fourth-order valence-corrected chi connectivity index (χ4v) is 3.60. The predicted molar refractivity (Wildman–Crippen MR) is 99.5 cm³/mol. The van der Waals surface area contributed by atoms with Crippen LogP contribution in [0, 0.1) is 0 Å².